The van der Waals surface area contributed by atoms with E-state index in [9.17, 15) is 4.39 Å². The average Bonchev–Trinajstić information content (AvgIpc) is 2.68. The van der Waals surface area contributed by atoms with Gasteiger partial charge in [-0.05, 0) is 48.7 Å². The summed E-state index contributed by atoms with van der Waals surface area (Å²) in [7, 11) is 3.41. The predicted molar refractivity (Wildman–Crippen MR) is 125 cm³/mol. The first kappa shape index (κ1) is 24.2. The molecule has 2 rings (SSSR count). The molecular formula is C21H30FIN4O. The van der Waals surface area contributed by atoms with E-state index in [4.69, 9.17) is 4.74 Å². The van der Waals surface area contributed by atoms with E-state index >= 15 is 0 Å². The van der Waals surface area contributed by atoms with Crippen LogP contribution in [0.15, 0.2) is 47.5 Å². The first-order chi connectivity index (χ1) is 13.0. The second-order valence-corrected chi connectivity index (χ2v) is 6.42. The zero-order valence-electron chi connectivity index (χ0n) is 16.9. The van der Waals surface area contributed by atoms with Gasteiger partial charge in [0.25, 0.3) is 0 Å². The van der Waals surface area contributed by atoms with Crippen LogP contribution in [0.5, 0.6) is 0 Å². The van der Waals surface area contributed by atoms with E-state index in [2.05, 4.69) is 33.1 Å². The molecule has 154 valence electrons. The Morgan fingerprint density at radius 2 is 1.89 bits per heavy atom. The van der Waals surface area contributed by atoms with Crippen molar-refractivity contribution in [3.05, 3.63) is 65.0 Å². The van der Waals surface area contributed by atoms with E-state index in [1.807, 2.05) is 25.1 Å². The lowest BCUT2D eigenvalue weighted by Gasteiger charge is -2.19. The van der Waals surface area contributed by atoms with Gasteiger partial charge in [0.1, 0.15) is 5.82 Å². The molecule has 2 aromatic carbocycles. The zero-order chi connectivity index (χ0) is 19.6. The van der Waals surface area contributed by atoms with Crippen molar-refractivity contribution in [1.82, 2.24) is 10.6 Å². The van der Waals surface area contributed by atoms with Crippen LogP contribution in [-0.2, 0) is 11.3 Å². The van der Waals surface area contributed by atoms with Crippen LogP contribution in [0.25, 0.3) is 0 Å². The van der Waals surface area contributed by atoms with Crippen molar-refractivity contribution < 1.29 is 9.13 Å². The normalized spacial score (nSPS) is 12.1. The molecule has 0 aromatic heterocycles. The van der Waals surface area contributed by atoms with Crippen molar-refractivity contribution in [2.45, 2.75) is 26.4 Å². The molecule has 0 radical (unpaired) electrons. The van der Waals surface area contributed by atoms with Gasteiger partial charge in [0.2, 0.25) is 0 Å². The molecule has 0 saturated heterocycles. The van der Waals surface area contributed by atoms with E-state index in [0.717, 1.165) is 23.4 Å². The lowest BCUT2D eigenvalue weighted by molar-refractivity contribution is 0.211. The summed E-state index contributed by atoms with van der Waals surface area (Å²) >= 11 is 0. The number of nitrogens with one attached hydrogen (secondary N) is 3. The Morgan fingerprint density at radius 3 is 2.50 bits per heavy atom. The molecule has 0 saturated carbocycles. The number of guanidine groups is 1. The molecule has 0 aliphatic carbocycles. The van der Waals surface area contributed by atoms with Crippen molar-refractivity contribution in [3.8, 4) is 0 Å². The Morgan fingerprint density at radius 1 is 1.18 bits per heavy atom. The molecule has 0 fully saturated rings. The number of ether oxygens (including phenoxy) is 1. The monoisotopic (exact) mass is 500 g/mol. The van der Waals surface area contributed by atoms with E-state index in [1.54, 1.807) is 33.2 Å². The molecule has 0 bridgehead atoms. The van der Waals surface area contributed by atoms with Gasteiger partial charge in [0.15, 0.2) is 5.96 Å². The van der Waals surface area contributed by atoms with Gasteiger partial charge in [-0.1, -0.05) is 24.3 Å². The standard InChI is InChI=1S/C21H29FN4O.HI/c1-15-5-8-18(13-20(15)22)16(2)26-21(23-3)25-14-17-6-9-19(10-7-17)24-11-12-27-4;/h5-10,13,16,24H,11-12,14H2,1-4H3,(H2,23,25,26);1H. The molecule has 0 aliphatic heterocycles. The Balaban J connectivity index is 0.00000392. The molecule has 0 amide bonds. The van der Waals surface area contributed by atoms with Crippen LogP contribution in [0.3, 0.4) is 0 Å². The van der Waals surface area contributed by atoms with Gasteiger partial charge in [-0.2, -0.15) is 0 Å². The Bertz CT molecular complexity index is 753. The first-order valence-electron chi connectivity index (χ1n) is 9.08. The fraction of sp³-hybridized carbons (Fsp3) is 0.381. The topological polar surface area (TPSA) is 57.7 Å². The lowest BCUT2D eigenvalue weighted by atomic mass is 10.1. The maximum atomic E-state index is 13.8. The Hall–Kier alpha value is -1.87. The van der Waals surface area contributed by atoms with Crippen LogP contribution in [-0.4, -0.2) is 33.3 Å². The maximum Gasteiger partial charge on any atom is 0.191 e. The number of halogens is 2. The molecule has 7 heteroatoms. The molecule has 3 N–H and O–H groups in total. The number of hydrogen-bond donors (Lipinski definition) is 3. The molecular weight excluding hydrogens is 470 g/mol. The van der Waals surface area contributed by atoms with Crippen molar-refractivity contribution in [2.24, 2.45) is 4.99 Å². The van der Waals surface area contributed by atoms with Crippen LogP contribution >= 0.6 is 24.0 Å². The van der Waals surface area contributed by atoms with E-state index < -0.39 is 0 Å². The van der Waals surface area contributed by atoms with E-state index in [0.29, 0.717) is 24.7 Å². The largest absolute Gasteiger partial charge is 0.383 e. The zero-order valence-corrected chi connectivity index (χ0v) is 19.2. The van der Waals surface area contributed by atoms with Crippen LogP contribution < -0.4 is 16.0 Å². The summed E-state index contributed by atoms with van der Waals surface area (Å²) in [5.74, 6) is 0.481. The first-order valence-corrected chi connectivity index (χ1v) is 9.08. The second kappa shape index (κ2) is 12.6. The molecule has 1 atom stereocenters. The van der Waals surface area contributed by atoms with Crippen molar-refractivity contribution in [3.63, 3.8) is 0 Å². The summed E-state index contributed by atoms with van der Waals surface area (Å²) < 4.78 is 18.8. The van der Waals surface area contributed by atoms with Crippen LogP contribution in [0.2, 0.25) is 0 Å². The van der Waals surface area contributed by atoms with E-state index in [-0.39, 0.29) is 35.8 Å². The molecule has 1 unspecified atom stereocenters. The number of methoxy groups -OCH3 is 1. The third-order valence-electron chi connectivity index (χ3n) is 4.32. The number of anilines is 1. The minimum absolute atomic E-state index is 0. The summed E-state index contributed by atoms with van der Waals surface area (Å²) in [6.07, 6.45) is 0. The van der Waals surface area contributed by atoms with Gasteiger partial charge in [-0.25, -0.2) is 4.39 Å². The summed E-state index contributed by atoms with van der Waals surface area (Å²) in [4.78, 5) is 4.25. The summed E-state index contributed by atoms with van der Waals surface area (Å²) in [5.41, 5.74) is 3.73. The molecule has 0 aliphatic rings. The maximum absolute atomic E-state index is 13.8. The smallest absolute Gasteiger partial charge is 0.191 e. The highest BCUT2D eigenvalue weighted by atomic mass is 127. The van der Waals surface area contributed by atoms with Gasteiger partial charge in [-0.3, -0.25) is 4.99 Å². The van der Waals surface area contributed by atoms with Gasteiger partial charge < -0.3 is 20.7 Å². The number of benzene rings is 2. The van der Waals surface area contributed by atoms with Crippen LogP contribution in [0.4, 0.5) is 10.1 Å². The van der Waals surface area contributed by atoms with Crippen molar-refractivity contribution >= 4 is 35.6 Å². The molecule has 28 heavy (non-hydrogen) atoms. The summed E-state index contributed by atoms with van der Waals surface area (Å²) in [6.45, 7) is 5.84. The minimum Gasteiger partial charge on any atom is -0.383 e. The van der Waals surface area contributed by atoms with Crippen LogP contribution in [0, 0.1) is 12.7 Å². The van der Waals surface area contributed by atoms with Crippen molar-refractivity contribution in [2.75, 3.05) is 32.6 Å². The second-order valence-electron chi connectivity index (χ2n) is 6.42. The Kier molecular flexibility index (Phi) is 10.8. The number of aliphatic imine (C=N–C) groups is 1. The quantitative estimate of drug-likeness (QED) is 0.220. The SMILES string of the molecule is CN=C(NCc1ccc(NCCOC)cc1)NC(C)c1ccc(C)c(F)c1.I. The number of hydrogen-bond acceptors (Lipinski definition) is 3. The third kappa shape index (κ3) is 7.63. The van der Waals surface area contributed by atoms with Gasteiger partial charge in [-0.15, -0.1) is 24.0 Å². The number of rotatable bonds is 8. The highest BCUT2D eigenvalue weighted by molar-refractivity contribution is 14.0. The number of aryl methyl sites for hydroxylation is 1. The van der Waals surface area contributed by atoms with Gasteiger partial charge in [0.05, 0.1) is 12.6 Å². The predicted octanol–water partition coefficient (Wildman–Crippen LogP) is 4.24. The highest BCUT2D eigenvalue weighted by Gasteiger charge is 2.09. The Labute approximate surface area is 184 Å². The molecule has 5 nitrogen and oxygen atoms in total. The highest BCUT2D eigenvalue weighted by Crippen LogP contribution is 2.16. The van der Waals surface area contributed by atoms with Crippen LogP contribution in [0.1, 0.15) is 29.7 Å². The lowest BCUT2D eigenvalue weighted by Crippen LogP contribution is -2.38. The third-order valence-corrected chi connectivity index (χ3v) is 4.32. The molecule has 0 spiro atoms. The average molecular weight is 500 g/mol. The van der Waals surface area contributed by atoms with Gasteiger partial charge in [0, 0.05) is 32.9 Å². The fourth-order valence-corrected chi connectivity index (χ4v) is 2.59. The fourth-order valence-electron chi connectivity index (χ4n) is 2.59. The number of nitrogens with zero attached hydrogens (tertiary/aromatic N) is 1. The van der Waals surface area contributed by atoms with E-state index in [1.165, 1.54) is 0 Å². The molecule has 2 aromatic rings. The minimum atomic E-state index is -0.191. The summed E-state index contributed by atoms with van der Waals surface area (Å²) in [6, 6.07) is 13.4. The summed E-state index contributed by atoms with van der Waals surface area (Å²) in [5, 5.41) is 9.87. The van der Waals surface area contributed by atoms with Crippen molar-refractivity contribution in [1.29, 1.82) is 0 Å². The van der Waals surface area contributed by atoms with Gasteiger partial charge >= 0.3 is 0 Å². The molecule has 0 heterocycles.